The van der Waals surface area contributed by atoms with E-state index >= 15 is 0 Å². The second kappa shape index (κ2) is 7.51. The molecule has 0 bridgehead atoms. The smallest absolute Gasteiger partial charge is 0.252 e. The van der Waals surface area contributed by atoms with Gasteiger partial charge in [-0.25, -0.2) is 0 Å². The summed E-state index contributed by atoms with van der Waals surface area (Å²) in [4.78, 5) is 12.5. The van der Waals surface area contributed by atoms with Crippen LogP contribution in [-0.4, -0.2) is 34.7 Å². The summed E-state index contributed by atoms with van der Waals surface area (Å²) < 4.78 is 0. The van der Waals surface area contributed by atoms with Gasteiger partial charge in [0.15, 0.2) is 0 Å². The van der Waals surface area contributed by atoms with Crippen molar-refractivity contribution in [2.75, 3.05) is 18.1 Å². The largest absolute Gasteiger partial charge is 0.380 e. The van der Waals surface area contributed by atoms with Crippen LogP contribution < -0.4 is 5.32 Å². The van der Waals surface area contributed by atoms with Crippen molar-refractivity contribution in [1.82, 2.24) is 5.32 Å². The maximum absolute atomic E-state index is 12.5. The molecule has 0 aromatic heterocycles. The molecule has 1 amide bonds. The Bertz CT molecular complexity index is 479. The van der Waals surface area contributed by atoms with Gasteiger partial charge in [-0.15, -0.1) is 0 Å². The molecule has 0 unspecified atom stereocenters. The molecule has 1 heterocycles. The lowest BCUT2D eigenvalue weighted by Gasteiger charge is -2.35. The van der Waals surface area contributed by atoms with E-state index in [9.17, 15) is 9.90 Å². The SMILES string of the molecule is CCC(CC)(CNC(=O)C1(O)CCSCC1)c1ccccc1. The molecule has 4 heteroatoms. The van der Waals surface area contributed by atoms with Gasteiger partial charge < -0.3 is 10.4 Å². The molecule has 0 saturated carbocycles. The van der Waals surface area contributed by atoms with Gasteiger partial charge >= 0.3 is 0 Å². The number of thioether (sulfide) groups is 1. The van der Waals surface area contributed by atoms with Crippen molar-refractivity contribution in [3.05, 3.63) is 35.9 Å². The number of benzene rings is 1. The van der Waals surface area contributed by atoms with E-state index in [1.165, 1.54) is 5.56 Å². The predicted octanol–water partition coefficient (Wildman–Crippen LogP) is 3.12. The molecule has 0 atom stereocenters. The second-order valence-electron chi connectivity index (χ2n) is 6.18. The molecule has 22 heavy (non-hydrogen) atoms. The standard InChI is InChI=1S/C18H27NO2S/c1-3-17(4-2,15-8-6-5-7-9-15)14-19-16(20)18(21)10-12-22-13-11-18/h5-9,21H,3-4,10-14H2,1-2H3,(H,19,20). The molecule has 1 saturated heterocycles. The molecule has 2 N–H and O–H groups in total. The lowest BCUT2D eigenvalue weighted by atomic mass is 9.75. The lowest BCUT2D eigenvalue weighted by molar-refractivity contribution is -0.140. The molecule has 1 aromatic carbocycles. The zero-order valence-electron chi connectivity index (χ0n) is 13.6. The Hall–Kier alpha value is -1.00. The first-order valence-corrected chi connectivity index (χ1v) is 9.36. The third-order valence-electron chi connectivity index (χ3n) is 5.07. The van der Waals surface area contributed by atoms with Crippen molar-refractivity contribution in [2.24, 2.45) is 0 Å². The highest BCUT2D eigenvalue weighted by Gasteiger charge is 2.38. The minimum atomic E-state index is -1.17. The van der Waals surface area contributed by atoms with Crippen molar-refractivity contribution in [3.63, 3.8) is 0 Å². The van der Waals surface area contributed by atoms with Gasteiger partial charge in [0.1, 0.15) is 5.60 Å². The highest BCUT2D eigenvalue weighted by molar-refractivity contribution is 7.99. The van der Waals surface area contributed by atoms with Crippen molar-refractivity contribution in [2.45, 2.75) is 50.5 Å². The molecule has 1 aromatic rings. The Balaban J connectivity index is 2.07. The van der Waals surface area contributed by atoms with Crippen LogP contribution in [0.1, 0.15) is 45.1 Å². The summed E-state index contributed by atoms with van der Waals surface area (Å²) in [5.74, 6) is 1.51. The van der Waals surface area contributed by atoms with Crippen LogP contribution in [0, 0.1) is 0 Å². The van der Waals surface area contributed by atoms with E-state index in [1.54, 1.807) is 11.8 Å². The lowest BCUT2D eigenvalue weighted by Crippen LogP contribution is -2.52. The van der Waals surface area contributed by atoms with E-state index < -0.39 is 5.60 Å². The molecular formula is C18H27NO2S. The van der Waals surface area contributed by atoms with Gasteiger partial charge in [-0.05, 0) is 42.8 Å². The Kier molecular flexibility index (Phi) is 5.93. The average Bonchev–Trinajstić information content (AvgIpc) is 2.57. The second-order valence-corrected chi connectivity index (χ2v) is 7.40. The molecule has 1 aliphatic rings. The van der Waals surface area contributed by atoms with Gasteiger partial charge in [0.25, 0.3) is 5.91 Å². The van der Waals surface area contributed by atoms with E-state index in [-0.39, 0.29) is 11.3 Å². The fourth-order valence-corrected chi connectivity index (χ4v) is 4.32. The molecule has 122 valence electrons. The number of carbonyl (C=O) groups excluding carboxylic acids is 1. The van der Waals surface area contributed by atoms with Gasteiger partial charge in [-0.2, -0.15) is 11.8 Å². The third-order valence-corrected chi connectivity index (χ3v) is 6.06. The number of carbonyl (C=O) groups is 1. The summed E-state index contributed by atoms with van der Waals surface area (Å²) in [5, 5.41) is 13.6. The van der Waals surface area contributed by atoms with Crippen LogP contribution >= 0.6 is 11.8 Å². The molecule has 0 aliphatic carbocycles. The van der Waals surface area contributed by atoms with Crippen molar-refractivity contribution in [3.8, 4) is 0 Å². The topological polar surface area (TPSA) is 49.3 Å². The first-order valence-electron chi connectivity index (χ1n) is 8.20. The quantitative estimate of drug-likeness (QED) is 0.846. The van der Waals surface area contributed by atoms with Gasteiger partial charge in [-0.1, -0.05) is 44.2 Å². The summed E-state index contributed by atoms with van der Waals surface area (Å²) in [5.41, 5.74) is 0.0257. The van der Waals surface area contributed by atoms with Gasteiger partial charge in [0.2, 0.25) is 0 Å². The van der Waals surface area contributed by atoms with Gasteiger partial charge in [-0.3, -0.25) is 4.79 Å². The minimum absolute atomic E-state index is 0.0588. The van der Waals surface area contributed by atoms with E-state index in [2.05, 4.69) is 31.3 Å². The number of hydrogen-bond acceptors (Lipinski definition) is 3. The zero-order valence-corrected chi connectivity index (χ0v) is 14.4. The number of nitrogens with one attached hydrogen (secondary N) is 1. The number of hydrogen-bond donors (Lipinski definition) is 2. The minimum Gasteiger partial charge on any atom is -0.380 e. The third kappa shape index (κ3) is 3.66. The number of aliphatic hydroxyl groups is 1. The molecule has 3 nitrogen and oxygen atoms in total. The zero-order chi connectivity index (χ0) is 16.1. The van der Waals surface area contributed by atoms with Crippen LogP contribution in [0.5, 0.6) is 0 Å². The Morgan fingerprint density at radius 1 is 1.23 bits per heavy atom. The normalized spacial score (nSPS) is 18.0. The molecule has 1 aliphatic heterocycles. The van der Waals surface area contributed by atoms with Crippen molar-refractivity contribution in [1.29, 1.82) is 0 Å². The molecule has 2 rings (SSSR count). The number of rotatable bonds is 6. The fourth-order valence-electron chi connectivity index (χ4n) is 3.15. The Labute approximate surface area is 137 Å². The molecule has 0 spiro atoms. The van der Waals surface area contributed by atoms with Gasteiger partial charge in [0.05, 0.1) is 0 Å². The number of amides is 1. The van der Waals surface area contributed by atoms with Crippen molar-refractivity contribution < 1.29 is 9.90 Å². The summed E-state index contributed by atoms with van der Waals surface area (Å²) in [6, 6.07) is 10.4. The average molecular weight is 321 g/mol. The highest BCUT2D eigenvalue weighted by atomic mass is 32.2. The molecule has 1 fully saturated rings. The summed E-state index contributed by atoms with van der Waals surface area (Å²) in [6.07, 6.45) is 3.03. The van der Waals surface area contributed by atoms with E-state index in [0.717, 1.165) is 24.3 Å². The van der Waals surface area contributed by atoms with Crippen molar-refractivity contribution >= 4 is 17.7 Å². The first kappa shape index (κ1) is 17.4. The van der Waals surface area contributed by atoms with Crippen LogP contribution in [-0.2, 0) is 10.2 Å². The van der Waals surface area contributed by atoms with Crippen LogP contribution in [0.25, 0.3) is 0 Å². The predicted molar refractivity (Wildman–Crippen MR) is 93.2 cm³/mol. The van der Waals surface area contributed by atoms with E-state index in [1.807, 2.05) is 18.2 Å². The van der Waals surface area contributed by atoms with Crippen LogP contribution in [0.2, 0.25) is 0 Å². The molecule has 0 radical (unpaired) electrons. The van der Waals surface area contributed by atoms with Gasteiger partial charge in [0, 0.05) is 12.0 Å². The van der Waals surface area contributed by atoms with E-state index in [4.69, 9.17) is 0 Å². The Morgan fingerprint density at radius 2 is 1.82 bits per heavy atom. The summed E-state index contributed by atoms with van der Waals surface area (Å²) in [7, 11) is 0. The summed E-state index contributed by atoms with van der Waals surface area (Å²) in [6.45, 7) is 4.90. The summed E-state index contributed by atoms with van der Waals surface area (Å²) >= 11 is 1.80. The van der Waals surface area contributed by atoms with Crippen LogP contribution in [0.3, 0.4) is 0 Å². The monoisotopic (exact) mass is 321 g/mol. The Morgan fingerprint density at radius 3 is 2.36 bits per heavy atom. The first-order chi connectivity index (χ1) is 10.6. The van der Waals surface area contributed by atoms with E-state index in [0.29, 0.717) is 19.4 Å². The van der Waals surface area contributed by atoms with Crippen LogP contribution in [0.4, 0.5) is 0 Å². The molecular weight excluding hydrogens is 294 g/mol. The van der Waals surface area contributed by atoms with Crippen LogP contribution in [0.15, 0.2) is 30.3 Å². The highest BCUT2D eigenvalue weighted by Crippen LogP contribution is 2.32. The maximum Gasteiger partial charge on any atom is 0.252 e. The maximum atomic E-state index is 12.5. The fraction of sp³-hybridized carbons (Fsp3) is 0.611.